The Labute approximate surface area is 168 Å². The molecule has 2 aromatic carbocycles. The van der Waals surface area contributed by atoms with Gasteiger partial charge in [0.25, 0.3) is 0 Å². The zero-order chi connectivity index (χ0) is 21.2. The second kappa shape index (κ2) is 11.0. The summed E-state index contributed by atoms with van der Waals surface area (Å²) >= 11 is 0. The molecule has 0 aliphatic rings. The third kappa shape index (κ3) is 7.76. The van der Waals surface area contributed by atoms with Crippen molar-refractivity contribution < 1.29 is 28.2 Å². The van der Waals surface area contributed by atoms with Crippen LogP contribution in [0.15, 0.2) is 54.1 Å². The van der Waals surface area contributed by atoms with E-state index < -0.39 is 23.7 Å². The van der Waals surface area contributed by atoms with E-state index in [9.17, 15) is 13.6 Å². The lowest BCUT2D eigenvalue weighted by atomic mass is 10.1. The average molecular weight is 400 g/mol. The molecule has 0 radical (unpaired) electrons. The number of hydrogen-bond acceptors (Lipinski definition) is 3. The van der Waals surface area contributed by atoms with Crippen LogP contribution in [0.25, 0.3) is 0 Å². The van der Waals surface area contributed by atoms with Gasteiger partial charge in [-0.25, -0.2) is 13.6 Å². The summed E-state index contributed by atoms with van der Waals surface area (Å²) in [6.45, 7) is 4.13. The molecule has 152 valence electrons. The number of rotatable bonds is 8. The van der Waals surface area contributed by atoms with E-state index >= 15 is 0 Å². The summed E-state index contributed by atoms with van der Waals surface area (Å²) in [5.41, 5.74) is 1.80. The fraction of sp³-hybridized carbons (Fsp3) is 0.261. The third-order valence-electron chi connectivity index (χ3n) is 3.89. The summed E-state index contributed by atoms with van der Waals surface area (Å²) in [4.78, 5) is 11.1. The van der Waals surface area contributed by atoms with Crippen molar-refractivity contribution in [1.82, 2.24) is 0 Å². The summed E-state index contributed by atoms with van der Waals surface area (Å²) in [5.74, 6) is 3.83. The molecule has 2 rings (SSSR count). The zero-order valence-electron chi connectivity index (χ0n) is 16.2. The molecule has 0 spiro atoms. The molecule has 29 heavy (non-hydrogen) atoms. The van der Waals surface area contributed by atoms with E-state index in [2.05, 4.69) is 11.8 Å². The average Bonchev–Trinajstić information content (AvgIpc) is 2.66. The summed E-state index contributed by atoms with van der Waals surface area (Å²) in [6.07, 6.45) is 1.16. The Morgan fingerprint density at radius 2 is 1.83 bits per heavy atom. The van der Waals surface area contributed by atoms with Gasteiger partial charge in [-0.15, -0.1) is 0 Å². The highest BCUT2D eigenvalue weighted by atomic mass is 19.1. The first-order valence-corrected chi connectivity index (χ1v) is 9.08. The quantitative estimate of drug-likeness (QED) is 0.669. The van der Waals surface area contributed by atoms with Crippen molar-refractivity contribution in [3.05, 3.63) is 76.9 Å². The van der Waals surface area contributed by atoms with Gasteiger partial charge in [0, 0.05) is 24.7 Å². The number of carboxylic acids is 1. The molecule has 0 heterocycles. The van der Waals surface area contributed by atoms with E-state index in [0.717, 1.165) is 11.6 Å². The second-order valence-corrected chi connectivity index (χ2v) is 6.24. The SMILES string of the molecule is CCO[C@@H](Cc1ccc(OC/C=C(\C)C#Cc2cc(F)cc(F)c2)cc1)C(=O)O. The van der Waals surface area contributed by atoms with E-state index in [1.807, 2.05) is 0 Å². The van der Waals surface area contributed by atoms with Gasteiger partial charge in [-0.05, 0) is 55.3 Å². The molecule has 0 aromatic heterocycles. The number of aliphatic carboxylic acids is 1. The van der Waals surface area contributed by atoms with Crippen molar-refractivity contribution in [2.24, 2.45) is 0 Å². The Morgan fingerprint density at radius 3 is 2.41 bits per heavy atom. The van der Waals surface area contributed by atoms with Gasteiger partial charge in [0.2, 0.25) is 0 Å². The van der Waals surface area contributed by atoms with E-state index in [0.29, 0.717) is 17.9 Å². The van der Waals surface area contributed by atoms with Crippen molar-refractivity contribution in [2.75, 3.05) is 13.2 Å². The summed E-state index contributed by atoms with van der Waals surface area (Å²) in [7, 11) is 0. The summed E-state index contributed by atoms with van der Waals surface area (Å²) in [6, 6.07) is 10.2. The van der Waals surface area contributed by atoms with E-state index in [4.69, 9.17) is 14.6 Å². The van der Waals surface area contributed by atoms with Gasteiger partial charge >= 0.3 is 5.97 Å². The molecule has 0 bridgehead atoms. The first-order valence-electron chi connectivity index (χ1n) is 9.08. The van der Waals surface area contributed by atoms with Crippen LogP contribution in [0.3, 0.4) is 0 Å². The largest absolute Gasteiger partial charge is 0.490 e. The maximum absolute atomic E-state index is 13.1. The Hall–Kier alpha value is -3.17. The van der Waals surface area contributed by atoms with Gasteiger partial charge in [0.15, 0.2) is 6.10 Å². The molecule has 1 atom stereocenters. The third-order valence-corrected chi connectivity index (χ3v) is 3.89. The smallest absolute Gasteiger partial charge is 0.333 e. The maximum Gasteiger partial charge on any atom is 0.333 e. The second-order valence-electron chi connectivity index (χ2n) is 6.24. The van der Waals surface area contributed by atoms with Crippen molar-refractivity contribution in [3.8, 4) is 17.6 Å². The normalized spacial score (nSPS) is 12.1. The van der Waals surface area contributed by atoms with Crippen LogP contribution in [0.1, 0.15) is 25.0 Å². The molecule has 0 fully saturated rings. The fourth-order valence-corrected chi connectivity index (χ4v) is 2.47. The van der Waals surface area contributed by atoms with Gasteiger partial charge in [-0.1, -0.05) is 24.0 Å². The van der Waals surface area contributed by atoms with Gasteiger partial charge in [-0.3, -0.25) is 0 Å². The molecular weight excluding hydrogens is 378 g/mol. The minimum absolute atomic E-state index is 0.262. The highest BCUT2D eigenvalue weighted by Gasteiger charge is 2.17. The van der Waals surface area contributed by atoms with E-state index in [1.54, 1.807) is 44.2 Å². The van der Waals surface area contributed by atoms with Crippen LogP contribution < -0.4 is 4.74 Å². The minimum atomic E-state index is -0.991. The first-order chi connectivity index (χ1) is 13.9. The standard InChI is InChI=1S/C23H22F2O4/c1-3-28-22(23(26)27)14-17-6-8-21(9-7-17)29-11-10-16(2)4-5-18-12-19(24)15-20(25)13-18/h6-10,12-13,15,22H,3,11,14H2,1-2H3,(H,26,27)/b16-10+/t22-/m0/s1. The van der Waals surface area contributed by atoms with Crippen molar-refractivity contribution in [2.45, 2.75) is 26.4 Å². The number of benzene rings is 2. The Balaban J connectivity index is 1.89. The van der Waals surface area contributed by atoms with Crippen LogP contribution >= 0.6 is 0 Å². The predicted octanol–water partition coefficient (Wildman–Crippen LogP) is 4.37. The summed E-state index contributed by atoms with van der Waals surface area (Å²) < 4.78 is 37.1. The highest BCUT2D eigenvalue weighted by molar-refractivity contribution is 5.72. The number of halogens is 2. The highest BCUT2D eigenvalue weighted by Crippen LogP contribution is 2.15. The predicted molar refractivity (Wildman–Crippen MR) is 106 cm³/mol. The van der Waals surface area contributed by atoms with E-state index in [1.165, 1.54) is 12.1 Å². The van der Waals surface area contributed by atoms with Gasteiger partial charge in [0.1, 0.15) is 24.0 Å². The van der Waals surface area contributed by atoms with Gasteiger partial charge in [-0.2, -0.15) is 0 Å². The molecule has 6 heteroatoms. The molecular formula is C23H22F2O4. The monoisotopic (exact) mass is 400 g/mol. The van der Waals surface area contributed by atoms with Crippen molar-refractivity contribution >= 4 is 5.97 Å². The zero-order valence-corrected chi connectivity index (χ0v) is 16.2. The molecule has 0 aliphatic carbocycles. The number of allylic oxidation sites excluding steroid dienone is 1. The first kappa shape index (κ1) is 22.1. The number of carboxylic acid groups (broad SMARTS) is 1. The maximum atomic E-state index is 13.1. The summed E-state index contributed by atoms with van der Waals surface area (Å²) in [5, 5.41) is 9.13. The van der Waals surface area contributed by atoms with Crippen LogP contribution in [-0.2, 0) is 16.0 Å². The topological polar surface area (TPSA) is 55.8 Å². The molecule has 0 aliphatic heterocycles. The molecule has 0 saturated carbocycles. The lowest BCUT2D eigenvalue weighted by Crippen LogP contribution is -2.26. The van der Waals surface area contributed by atoms with Crippen LogP contribution in [-0.4, -0.2) is 30.4 Å². The molecule has 4 nitrogen and oxygen atoms in total. The number of ether oxygens (including phenoxy) is 2. The number of hydrogen-bond donors (Lipinski definition) is 1. The van der Waals surface area contributed by atoms with Crippen molar-refractivity contribution in [3.63, 3.8) is 0 Å². The van der Waals surface area contributed by atoms with Gasteiger partial charge in [0.05, 0.1) is 0 Å². The Kier molecular flexibility index (Phi) is 8.38. The van der Waals surface area contributed by atoms with Crippen LogP contribution in [0.2, 0.25) is 0 Å². The lowest BCUT2D eigenvalue weighted by molar-refractivity contribution is -0.149. The number of carbonyl (C=O) groups is 1. The Morgan fingerprint density at radius 1 is 1.17 bits per heavy atom. The molecule has 2 aromatic rings. The van der Waals surface area contributed by atoms with Crippen LogP contribution in [0.4, 0.5) is 8.78 Å². The molecule has 1 N–H and O–H groups in total. The van der Waals surface area contributed by atoms with Crippen LogP contribution in [0.5, 0.6) is 5.75 Å². The molecule has 0 unspecified atom stereocenters. The van der Waals surface area contributed by atoms with Crippen LogP contribution in [0, 0.1) is 23.5 Å². The van der Waals surface area contributed by atoms with E-state index in [-0.39, 0.29) is 18.6 Å². The Bertz CT molecular complexity index is 904. The lowest BCUT2D eigenvalue weighted by Gasteiger charge is -2.12. The minimum Gasteiger partial charge on any atom is -0.490 e. The van der Waals surface area contributed by atoms with Crippen molar-refractivity contribution in [1.29, 1.82) is 0 Å². The van der Waals surface area contributed by atoms with Gasteiger partial charge < -0.3 is 14.6 Å². The molecule has 0 amide bonds. The fourth-order valence-electron chi connectivity index (χ4n) is 2.47. The molecule has 0 saturated heterocycles.